The Labute approximate surface area is 131 Å². The van der Waals surface area contributed by atoms with Crippen molar-refractivity contribution in [3.05, 3.63) is 35.9 Å². The van der Waals surface area contributed by atoms with Crippen molar-refractivity contribution < 1.29 is 23.6 Å². The number of carbonyl (C=O) groups excluding carboxylic acids is 1. The standard InChI is InChI=1S/C15H24NO5P/c1-3-20-22(19,21-4-2)12-8-11-16(18)15(17)13-14-9-6-5-7-10-14/h5-7,9-10,18H,3-4,8,11-13H2,1-2H3. The first-order valence-corrected chi connectivity index (χ1v) is 9.15. The molecule has 6 nitrogen and oxygen atoms in total. The number of hydrogen-bond acceptors (Lipinski definition) is 5. The fraction of sp³-hybridized carbons (Fsp3) is 0.533. The first kappa shape index (κ1) is 18.8. The van der Waals surface area contributed by atoms with Crippen LogP contribution in [0.5, 0.6) is 0 Å². The summed E-state index contributed by atoms with van der Waals surface area (Å²) in [6, 6.07) is 9.19. The van der Waals surface area contributed by atoms with Gasteiger partial charge in [0.25, 0.3) is 0 Å². The molecule has 1 N–H and O–H groups in total. The van der Waals surface area contributed by atoms with Crippen LogP contribution < -0.4 is 0 Å². The average Bonchev–Trinajstić information content (AvgIpc) is 2.48. The lowest BCUT2D eigenvalue weighted by Gasteiger charge is -2.19. The minimum atomic E-state index is -3.12. The molecule has 0 aliphatic heterocycles. The summed E-state index contributed by atoms with van der Waals surface area (Å²) in [7, 11) is -3.12. The molecule has 0 aliphatic carbocycles. The number of carbonyl (C=O) groups is 1. The molecule has 124 valence electrons. The topological polar surface area (TPSA) is 76.1 Å². The van der Waals surface area contributed by atoms with Crippen molar-refractivity contribution in [1.29, 1.82) is 0 Å². The summed E-state index contributed by atoms with van der Waals surface area (Å²) >= 11 is 0. The number of nitrogens with zero attached hydrogens (tertiary/aromatic N) is 1. The molecule has 0 radical (unpaired) electrons. The highest BCUT2D eigenvalue weighted by Gasteiger charge is 2.23. The Balaban J connectivity index is 2.40. The van der Waals surface area contributed by atoms with Gasteiger partial charge in [-0.15, -0.1) is 0 Å². The molecule has 0 unspecified atom stereocenters. The minimum absolute atomic E-state index is 0.0931. The summed E-state index contributed by atoms with van der Waals surface area (Å²) in [5, 5.41) is 10.4. The van der Waals surface area contributed by atoms with Crippen LogP contribution in [-0.2, 0) is 24.8 Å². The molecule has 0 heterocycles. The molecule has 22 heavy (non-hydrogen) atoms. The van der Waals surface area contributed by atoms with E-state index in [4.69, 9.17) is 9.05 Å². The van der Waals surface area contributed by atoms with E-state index in [-0.39, 0.29) is 19.1 Å². The van der Waals surface area contributed by atoms with Crippen LogP contribution in [0.4, 0.5) is 0 Å². The van der Waals surface area contributed by atoms with E-state index in [2.05, 4.69) is 0 Å². The van der Waals surface area contributed by atoms with E-state index in [9.17, 15) is 14.6 Å². The lowest BCUT2D eigenvalue weighted by Crippen LogP contribution is -2.30. The highest BCUT2D eigenvalue weighted by molar-refractivity contribution is 7.53. The fourth-order valence-corrected chi connectivity index (χ4v) is 3.61. The van der Waals surface area contributed by atoms with Crippen molar-refractivity contribution in [2.24, 2.45) is 0 Å². The molecule has 0 spiro atoms. The summed E-state index contributed by atoms with van der Waals surface area (Å²) in [6.45, 7) is 4.18. The van der Waals surface area contributed by atoms with Gasteiger partial charge in [-0.25, -0.2) is 5.06 Å². The van der Waals surface area contributed by atoms with Gasteiger partial charge in [-0.05, 0) is 25.8 Å². The van der Waals surface area contributed by atoms with Gasteiger partial charge in [0.2, 0.25) is 5.91 Å². The van der Waals surface area contributed by atoms with Crippen LogP contribution in [0.2, 0.25) is 0 Å². The van der Waals surface area contributed by atoms with Gasteiger partial charge in [-0.1, -0.05) is 30.3 Å². The molecule has 1 aromatic carbocycles. The van der Waals surface area contributed by atoms with E-state index in [0.717, 1.165) is 5.56 Å². The average molecular weight is 329 g/mol. The SMILES string of the molecule is CCOP(=O)(CCCN(O)C(=O)Cc1ccccc1)OCC. The summed E-state index contributed by atoms with van der Waals surface area (Å²) in [5.74, 6) is -0.395. The second kappa shape index (κ2) is 9.74. The molecule has 0 bridgehead atoms. The zero-order valence-corrected chi connectivity index (χ0v) is 14.0. The first-order valence-electron chi connectivity index (χ1n) is 7.42. The Morgan fingerprint density at radius 2 is 1.77 bits per heavy atom. The monoisotopic (exact) mass is 329 g/mol. The fourth-order valence-electron chi connectivity index (χ4n) is 1.96. The number of rotatable bonds is 10. The molecular formula is C15H24NO5P. The number of benzene rings is 1. The molecule has 0 saturated carbocycles. The molecule has 0 aromatic heterocycles. The van der Waals surface area contributed by atoms with E-state index in [1.807, 2.05) is 30.3 Å². The summed E-state index contributed by atoms with van der Waals surface area (Å²) < 4.78 is 22.5. The van der Waals surface area contributed by atoms with Crippen LogP contribution in [0.15, 0.2) is 30.3 Å². The van der Waals surface area contributed by atoms with Crippen LogP contribution in [-0.4, -0.2) is 42.1 Å². The van der Waals surface area contributed by atoms with Gasteiger partial charge in [-0.2, -0.15) is 0 Å². The van der Waals surface area contributed by atoms with E-state index in [1.165, 1.54) is 0 Å². The van der Waals surface area contributed by atoms with Gasteiger partial charge in [0.15, 0.2) is 0 Å². The smallest absolute Gasteiger partial charge is 0.309 e. The van der Waals surface area contributed by atoms with Crippen molar-refractivity contribution in [2.75, 3.05) is 25.9 Å². The Hall–Kier alpha value is -1.20. The zero-order valence-electron chi connectivity index (χ0n) is 13.1. The highest BCUT2D eigenvalue weighted by atomic mass is 31.2. The lowest BCUT2D eigenvalue weighted by molar-refractivity contribution is -0.164. The van der Waals surface area contributed by atoms with Crippen molar-refractivity contribution in [3.63, 3.8) is 0 Å². The Morgan fingerprint density at radius 3 is 2.32 bits per heavy atom. The second-order valence-corrected chi connectivity index (χ2v) is 6.89. The van der Waals surface area contributed by atoms with Crippen LogP contribution in [0.3, 0.4) is 0 Å². The van der Waals surface area contributed by atoms with Gasteiger partial charge in [0, 0.05) is 6.54 Å². The molecule has 0 aliphatic rings. The molecular weight excluding hydrogens is 305 g/mol. The zero-order chi connectivity index (χ0) is 16.4. The minimum Gasteiger partial charge on any atom is -0.309 e. The normalized spacial score (nSPS) is 11.4. The third kappa shape index (κ3) is 6.71. The van der Waals surface area contributed by atoms with E-state index < -0.39 is 13.5 Å². The van der Waals surface area contributed by atoms with Gasteiger partial charge in [0.1, 0.15) is 0 Å². The van der Waals surface area contributed by atoms with Crippen LogP contribution >= 0.6 is 7.60 Å². The van der Waals surface area contributed by atoms with Crippen LogP contribution in [0.1, 0.15) is 25.8 Å². The highest BCUT2D eigenvalue weighted by Crippen LogP contribution is 2.48. The van der Waals surface area contributed by atoms with E-state index >= 15 is 0 Å². The quantitative estimate of drug-likeness (QED) is 0.405. The maximum Gasteiger partial charge on any atom is 0.330 e. The largest absolute Gasteiger partial charge is 0.330 e. The first-order chi connectivity index (χ1) is 10.5. The van der Waals surface area contributed by atoms with Crippen molar-refractivity contribution in [1.82, 2.24) is 5.06 Å². The third-order valence-electron chi connectivity index (χ3n) is 2.94. The molecule has 1 aromatic rings. The van der Waals surface area contributed by atoms with Gasteiger partial charge in [-0.3, -0.25) is 14.6 Å². The summed E-state index contributed by atoms with van der Waals surface area (Å²) in [6.07, 6.45) is 0.643. The predicted molar refractivity (Wildman–Crippen MR) is 84.0 cm³/mol. The third-order valence-corrected chi connectivity index (χ3v) is 5.11. The lowest BCUT2D eigenvalue weighted by atomic mass is 10.1. The van der Waals surface area contributed by atoms with E-state index in [0.29, 0.717) is 24.7 Å². The summed E-state index contributed by atoms with van der Waals surface area (Å²) in [5.41, 5.74) is 0.834. The maximum absolute atomic E-state index is 12.2. The number of hydroxylamine groups is 2. The van der Waals surface area contributed by atoms with Gasteiger partial charge < -0.3 is 9.05 Å². The molecule has 7 heteroatoms. The second-order valence-electron chi connectivity index (χ2n) is 4.70. The Bertz CT molecular complexity index is 484. The molecule has 0 atom stereocenters. The Kier molecular flexibility index (Phi) is 8.35. The molecule has 0 saturated heterocycles. The predicted octanol–water partition coefficient (Wildman–Crippen LogP) is 3.10. The number of hydrogen-bond donors (Lipinski definition) is 1. The van der Waals surface area contributed by atoms with Crippen LogP contribution in [0.25, 0.3) is 0 Å². The van der Waals surface area contributed by atoms with Crippen molar-refractivity contribution in [2.45, 2.75) is 26.7 Å². The molecule has 1 amide bonds. The van der Waals surface area contributed by atoms with Crippen molar-refractivity contribution in [3.8, 4) is 0 Å². The Morgan fingerprint density at radius 1 is 1.18 bits per heavy atom. The van der Waals surface area contributed by atoms with E-state index in [1.54, 1.807) is 13.8 Å². The number of amides is 1. The maximum atomic E-state index is 12.2. The van der Waals surface area contributed by atoms with Crippen molar-refractivity contribution >= 4 is 13.5 Å². The molecule has 0 fully saturated rings. The summed E-state index contributed by atoms with van der Waals surface area (Å²) in [4.78, 5) is 11.9. The van der Waals surface area contributed by atoms with Crippen LogP contribution in [0, 0.1) is 0 Å². The van der Waals surface area contributed by atoms with Gasteiger partial charge in [0.05, 0.1) is 25.8 Å². The van der Waals surface area contributed by atoms with Gasteiger partial charge >= 0.3 is 7.60 Å². The molecule has 1 rings (SSSR count).